The number of benzene rings is 1. The van der Waals surface area contributed by atoms with Crippen LogP contribution in [0.3, 0.4) is 0 Å². The van der Waals surface area contributed by atoms with Gasteiger partial charge in [0.05, 0.1) is 5.92 Å². The average molecular weight is 315 g/mol. The molecule has 0 bridgehead atoms. The number of amides is 3. The number of likely N-dealkylation sites (tertiary alicyclic amines) is 1. The van der Waals surface area contributed by atoms with Crippen LogP contribution in [0.5, 0.6) is 0 Å². The smallest absolute Gasteiger partial charge is 0.228 e. The van der Waals surface area contributed by atoms with Gasteiger partial charge in [0.1, 0.15) is 0 Å². The Hall–Kier alpha value is -2.37. The highest BCUT2D eigenvalue weighted by molar-refractivity contribution is 6.00. The van der Waals surface area contributed by atoms with Crippen LogP contribution in [-0.2, 0) is 14.4 Å². The normalized spacial score (nSPS) is 20.9. The van der Waals surface area contributed by atoms with Gasteiger partial charge in [-0.1, -0.05) is 0 Å². The number of hydrogen-bond acceptors (Lipinski definition) is 3. The summed E-state index contributed by atoms with van der Waals surface area (Å²) in [5.41, 5.74) is 1.46. The Bertz CT molecular complexity index is 620. The largest absolute Gasteiger partial charge is 0.342 e. The van der Waals surface area contributed by atoms with E-state index in [2.05, 4.69) is 5.32 Å². The van der Waals surface area contributed by atoms with Crippen LogP contribution < -0.4 is 10.2 Å². The molecular formula is C17H21N3O3. The number of nitrogens with one attached hydrogen (secondary N) is 1. The van der Waals surface area contributed by atoms with Gasteiger partial charge in [0.2, 0.25) is 17.7 Å². The van der Waals surface area contributed by atoms with Crippen LogP contribution >= 0.6 is 0 Å². The van der Waals surface area contributed by atoms with Crippen molar-refractivity contribution in [2.75, 3.05) is 29.9 Å². The molecule has 23 heavy (non-hydrogen) atoms. The van der Waals surface area contributed by atoms with Crippen molar-refractivity contribution in [1.29, 1.82) is 0 Å². The minimum Gasteiger partial charge on any atom is -0.342 e. The van der Waals surface area contributed by atoms with Gasteiger partial charge in [-0.2, -0.15) is 0 Å². The molecule has 6 nitrogen and oxygen atoms in total. The molecule has 3 amide bonds. The molecule has 0 unspecified atom stereocenters. The van der Waals surface area contributed by atoms with Gasteiger partial charge < -0.3 is 15.1 Å². The SMILES string of the molecule is CC(=O)Nc1ccc(N2C[C@H](C(=O)N3CCCC3)CC2=O)cc1. The molecule has 6 heteroatoms. The minimum absolute atomic E-state index is 0.0187. The van der Waals surface area contributed by atoms with Crippen molar-refractivity contribution < 1.29 is 14.4 Å². The third-order valence-corrected chi connectivity index (χ3v) is 4.39. The van der Waals surface area contributed by atoms with Crippen molar-refractivity contribution in [3.63, 3.8) is 0 Å². The molecule has 1 N–H and O–H groups in total. The van der Waals surface area contributed by atoms with Gasteiger partial charge in [0.15, 0.2) is 0 Å². The van der Waals surface area contributed by atoms with Crippen molar-refractivity contribution in [3.05, 3.63) is 24.3 Å². The molecule has 0 aromatic heterocycles. The Kier molecular flexibility index (Phi) is 4.32. The summed E-state index contributed by atoms with van der Waals surface area (Å²) >= 11 is 0. The summed E-state index contributed by atoms with van der Waals surface area (Å²) in [4.78, 5) is 39.3. The standard InChI is InChI=1S/C17H21N3O3/c1-12(21)18-14-4-6-15(7-5-14)20-11-13(10-16(20)22)17(23)19-8-2-3-9-19/h4-7,13H,2-3,8-11H2,1H3,(H,18,21)/t13-/m1/s1. The van der Waals surface area contributed by atoms with E-state index in [0.29, 0.717) is 12.2 Å². The topological polar surface area (TPSA) is 69.7 Å². The fraction of sp³-hybridized carbons (Fsp3) is 0.471. The first-order valence-electron chi connectivity index (χ1n) is 8.01. The summed E-state index contributed by atoms with van der Waals surface area (Å²) in [6.45, 7) is 3.52. The highest BCUT2D eigenvalue weighted by Gasteiger charge is 2.37. The zero-order valence-electron chi connectivity index (χ0n) is 13.2. The fourth-order valence-corrected chi connectivity index (χ4v) is 3.25. The van der Waals surface area contributed by atoms with Crippen LogP contribution in [0.25, 0.3) is 0 Å². The maximum Gasteiger partial charge on any atom is 0.228 e. The molecule has 1 aromatic carbocycles. The minimum atomic E-state index is -0.240. The second kappa shape index (κ2) is 6.40. The van der Waals surface area contributed by atoms with Crippen molar-refractivity contribution in [3.8, 4) is 0 Å². The monoisotopic (exact) mass is 315 g/mol. The van der Waals surface area contributed by atoms with Gasteiger partial charge in [-0.15, -0.1) is 0 Å². The fourth-order valence-electron chi connectivity index (χ4n) is 3.25. The number of carbonyl (C=O) groups excluding carboxylic acids is 3. The van der Waals surface area contributed by atoms with Crippen molar-refractivity contribution in [2.24, 2.45) is 5.92 Å². The van der Waals surface area contributed by atoms with E-state index in [1.54, 1.807) is 29.2 Å². The molecule has 3 rings (SSSR count). The van der Waals surface area contributed by atoms with Gasteiger partial charge in [-0.3, -0.25) is 14.4 Å². The average Bonchev–Trinajstić information content (AvgIpc) is 3.16. The molecule has 1 atom stereocenters. The Morgan fingerprint density at radius 2 is 1.78 bits per heavy atom. The Morgan fingerprint density at radius 3 is 2.39 bits per heavy atom. The van der Waals surface area contributed by atoms with Gasteiger partial charge in [-0.25, -0.2) is 0 Å². The molecule has 1 aromatic rings. The van der Waals surface area contributed by atoms with Crippen LogP contribution in [0.15, 0.2) is 24.3 Å². The molecule has 2 aliphatic rings. The number of hydrogen-bond donors (Lipinski definition) is 1. The quantitative estimate of drug-likeness (QED) is 0.921. The van der Waals surface area contributed by atoms with Crippen LogP contribution in [0, 0.1) is 5.92 Å². The number of carbonyl (C=O) groups is 3. The van der Waals surface area contributed by atoms with E-state index in [1.165, 1.54) is 6.92 Å². The van der Waals surface area contributed by atoms with Crippen molar-refractivity contribution in [2.45, 2.75) is 26.2 Å². The van der Waals surface area contributed by atoms with E-state index in [-0.39, 0.29) is 30.1 Å². The first kappa shape index (κ1) is 15.5. The summed E-state index contributed by atoms with van der Waals surface area (Å²) in [5.74, 6) is -0.287. The lowest BCUT2D eigenvalue weighted by atomic mass is 10.1. The van der Waals surface area contributed by atoms with Crippen molar-refractivity contribution >= 4 is 29.1 Å². The van der Waals surface area contributed by atoms with E-state index in [4.69, 9.17) is 0 Å². The lowest BCUT2D eigenvalue weighted by Crippen LogP contribution is -2.35. The number of nitrogens with zero attached hydrogens (tertiary/aromatic N) is 2. The Balaban J connectivity index is 1.67. The van der Waals surface area contributed by atoms with E-state index in [1.807, 2.05) is 4.90 Å². The highest BCUT2D eigenvalue weighted by atomic mass is 16.2. The third kappa shape index (κ3) is 3.36. The molecular weight excluding hydrogens is 294 g/mol. The summed E-state index contributed by atoms with van der Waals surface area (Å²) in [7, 11) is 0. The molecule has 0 radical (unpaired) electrons. The van der Waals surface area contributed by atoms with Crippen LogP contribution in [0.1, 0.15) is 26.2 Å². The van der Waals surface area contributed by atoms with Crippen LogP contribution in [0.2, 0.25) is 0 Å². The van der Waals surface area contributed by atoms with E-state index in [9.17, 15) is 14.4 Å². The summed E-state index contributed by atoms with van der Waals surface area (Å²) in [6, 6.07) is 7.12. The lowest BCUT2D eigenvalue weighted by Gasteiger charge is -2.20. The molecule has 0 aliphatic carbocycles. The highest BCUT2D eigenvalue weighted by Crippen LogP contribution is 2.28. The Labute approximate surface area is 135 Å². The third-order valence-electron chi connectivity index (χ3n) is 4.39. The predicted octanol–water partition coefficient (Wildman–Crippen LogP) is 1.62. The van der Waals surface area contributed by atoms with Crippen LogP contribution in [0.4, 0.5) is 11.4 Å². The molecule has 0 saturated carbocycles. The van der Waals surface area contributed by atoms with Gasteiger partial charge >= 0.3 is 0 Å². The van der Waals surface area contributed by atoms with E-state index < -0.39 is 0 Å². The van der Waals surface area contributed by atoms with E-state index in [0.717, 1.165) is 31.6 Å². The van der Waals surface area contributed by atoms with Gasteiger partial charge in [0, 0.05) is 44.4 Å². The molecule has 0 spiro atoms. The van der Waals surface area contributed by atoms with Crippen LogP contribution in [-0.4, -0.2) is 42.3 Å². The summed E-state index contributed by atoms with van der Waals surface area (Å²) in [5, 5.41) is 2.69. The second-order valence-corrected chi connectivity index (χ2v) is 6.17. The molecule has 122 valence electrons. The second-order valence-electron chi connectivity index (χ2n) is 6.17. The maximum absolute atomic E-state index is 12.4. The van der Waals surface area contributed by atoms with Gasteiger partial charge in [-0.05, 0) is 37.1 Å². The number of anilines is 2. The first-order valence-corrected chi connectivity index (χ1v) is 8.01. The van der Waals surface area contributed by atoms with E-state index >= 15 is 0 Å². The Morgan fingerprint density at radius 1 is 1.13 bits per heavy atom. The molecule has 2 aliphatic heterocycles. The summed E-state index contributed by atoms with van der Waals surface area (Å²) < 4.78 is 0. The zero-order chi connectivity index (χ0) is 16.4. The maximum atomic E-state index is 12.4. The molecule has 2 heterocycles. The van der Waals surface area contributed by atoms with Crippen molar-refractivity contribution in [1.82, 2.24) is 4.90 Å². The molecule has 2 fully saturated rings. The summed E-state index contributed by atoms with van der Waals surface area (Å²) in [6.07, 6.45) is 2.39. The first-order chi connectivity index (χ1) is 11.0. The molecule has 2 saturated heterocycles. The predicted molar refractivity (Wildman–Crippen MR) is 87.0 cm³/mol. The number of rotatable bonds is 3. The van der Waals surface area contributed by atoms with Gasteiger partial charge in [0.25, 0.3) is 0 Å². The zero-order valence-corrected chi connectivity index (χ0v) is 13.2. The lowest BCUT2D eigenvalue weighted by molar-refractivity contribution is -0.134.